The van der Waals surface area contributed by atoms with Gasteiger partial charge in [0.1, 0.15) is 7.85 Å². The maximum atomic E-state index is 5.93. The number of aromatic nitrogens is 2. The average Bonchev–Trinajstić information content (AvgIpc) is 2.47. The molecule has 0 atom stereocenters. The molecule has 4 heteroatoms. The van der Waals surface area contributed by atoms with Gasteiger partial charge in [0.15, 0.2) is 0 Å². The standard InChI is InChI=1S/C16H8BBrN2/c17-9-1-3-11-12-4-2-10(18)8-14(12)16-15(13(11)7-9)19-5-6-20-16/h1-8H. The highest BCUT2D eigenvalue weighted by Gasteiger charge is 2.10. The Morgan fingerprint density at radius 2 is 1.35 bits per heavy atom. The lowest BCUT2D eigenvalue weighted by Gasteiger charge is -2.09. The van der Waals surface area contributed by atoms with Crippen molar-refractivity contribution in [1.82, 2.24) is 9.97 Å². The highest BCUT2D eigenvalue weighted by atomic mass is 79.9. The molecule has 0 unspecified atom stereocenters. The Kier molecular flexibility index (Phi) is 2.54. The summed E-state index contributed by atoms with van der Waals surface area (Å²) in [7, 11) is 5.93. The highest BCUT2D eigenvalue weighted by molar-refractivity contribution is 9.10. The fourth-order valence-corrected chi connectivity index (χ4v) is 3.03. The molecule has 1 heterocycles. The number of rotatable bonds is 0. The fourth-order valence-electron chi connectivity index (χ4n) is 2.67. The van der Waals surface area contributed by atoms with Crippen molar-refractivity contribution in [2.24, 2.45) is 0 Å². The van der Waals surface area contributed by atoms with Gasteiger partial charge in [-0.05, 0) is 22.9 Å². The van der Waals surface area contributed by atoms with Crippen LogP contribution in [0.5, 0.6) is 0 Å². The van der Waals surface area contributed by atoms with E-state index in [2.05, 4.69) is 44.1 Å². The largest absolute Gasteiger partial charge is 0.252 e. The Labute approximate surface area is 125 Å². The molecule has 0 amide bonds. The highest BCUT2D eigenvalue weighted by Crippen LogP contribution is 2.33. The molecular weight excluding hydrogens is 311 g/mol. The maximum absolute atomic E-state index is 5.93. The molecule has 92 valence electrons. The van der Waals surface area contributed by atoms with Crippen LogP contribution in [-0.2, 0) is 0 Å². The first kappa shape index (κ1) is 11.9. The van der Waals surface area contributed by atoms with Crippen LogP contribution in [-0.4, -0.2) is 17.8 Å². The zero-order chi connectivity index (χ0) is 13.7. The monoisotopic (exact) mass is 318 g/mol. The summed E-state index contributed by atoms with van der Waals surface area (Å²) >= 11 is 3.53. The SMILES string of the molecule is [B]c1ccc2c3ccc(Br)cc3c3nccnc3c2c1. The van der Waals surface area contributed by atoms with Crippen LogP contribution in [0.3, 0.4) is 0 Å². The second kappa shape index (κ2) is 4.28. The maximum Gasteiger partial charge on any atom is 0.113 e. The summed E-state index contributed by atoms with van der Waals surface area (Å²) in [6.07, 6.45) is 3.44. The quantitative estimate of drug-likeness (QED) is 0.366. The Bertz CT molecular complexity index is 881. The summed E-state index contributed by atoms with van der Waals surface area (Å²) in [5.41, 5.74) is 2.53. The van der Waals surface area contributed by atoms with Gasteiger partial charge in [0, 0.05) is 27.6 Å². The molecule has 0 spiro atoms. The smallest absolute Gasteiger partial charge is 0.113 e. The molecule has 20 heavy (non-hydrogen) atoms. The number of fused-ring (bicyclic) bond motifs is 6. The normalized spacial score (nSPS) is 11.4. The van der Waals surface area contributed by atoms with E-state index >= 15 is 0 Å². The predicted molar refractivity (Wildman–Crippen MR) is 87.6 cm³/mol. The van der Waals surface area contributed by atoms with E-state index in [1.807, 2.05) is 18.2 Å². The Morgan fingerprint density at radius 3 is 2.05 bits per heavy atom. The van der Waals surface area contributed by atoms with E-state index in [9.17, 15) is 0 Å². The lowest BCUT2D eigenvalue weighted by Crippen LogP contribution is -2.01. The number of halogens is 1. The molecular formula is C16H8BBrN2. The zero-order valence-corrected chi connectivity index (χ0v) is 12.1. The van der Waals surface area contributed by atoms with Gasteiger partial charge in [-0.2, -0.15) is 0 Å². The number of benzene rings is 3. The molecule has 0 aliphatic heterocycles. The van der Waals surface area contributed by atoms with E-state index in [0.717, 1.165) is 42.5 Å². The van der Waals surface area contributed by atoms with Gasteiger partial charge >= 0.3 is 0 Å². The van der Waals surface area contributed by atoms with Crippen LogP contribution in [0, 0.1) is 0 Å². The molecule has 2 nitrogen and oxygen atoms in total. The zero-order valence-electron chi connectivity index (χ0n) is 10.5. The Balaban J connectivity index is 2.40. The van der Waals surface area contributed by atoms with E-state index in [4.69, 9.17) is 7.85 Å². The first-order valence-corrected chi connectivity index (χ1v) is 7.04. The van der Waals surface area contributed by atoms with Gasteiger partial charge in [-0.15, -0.1) is 0 Å². The third kappa shape index (κ3) is 1.65. The van der Waals surface area contributed by atoms with Crippen LogP contribution in [0.25, 0.3) is 32.6 Å². The van der Waals surface area contributed by atoms with Crippen molar-refractivity contribution in [3.05, 3.63) is 53.3 Å². The van der Waals surface area contributed by atoms with Gasteiger partial charge in [0.2, 0.25) is 0 Å². The van der Waals surface area contributed by atoms with Gasteiger partial charge in [-0.25, -0.2) is 0 Å². The number of hydrogen-bond acceptors (Lipinski definition) is 2. The molecule has 4 rings (SSSR count). The van der Waals surface area contributed by atoms with Gasteiger partial charge in [0.05, 0.1) is 11.0 Å². The van der Waals surface area contributed by atoms with Crippen LogP contribution < -0.4 is 5.46 Å². The Morgan fingerprint density at radius 1 is 0.750 bits per heavy atom. The topological polar surface area (TPSA) is 25.8 Å². The molecule has 0 N–H and O–H groups in total. The first-order chi connectivity index (χ1) is 9.74. The minimum absolute atomic E-state index is 0.737. The third-order valence-corrected chi connectivity index (χ3v) is 4.02. The average molecular weight is 319 g/mol. The molecule has 0 saturated carbocycles. The molecule has 4 aromatic rings. The molecule has 2 radical (unpaired) electrons. The summed E-state index contributed by atoms with van der Waals surface area (Å²) in [6.45, 7) is 0. The Hall–Kier alpha value is -1.94. The van der Waals surface area contributed by atoms with E-state index in [0.29, 0.717) is 0 Å². The van der Waals surface area contributed by atoms with Crippen LogP contribution in [0.4, 0.5) is 0 Å². The summed E-state index contributed by atoms with van der Waals surface area (Å²) in [5.74, 6) is 0. The van der Waals surface area contributed by atoms with Gasteiger partial charge in [-0.1, -0.05) is 45.7 Å². The van der Waals surface area contributed by atoms with E-state index in [1.54, 1.807) is 12.4 Å². The molecule has 0 saturated heterocycles. The summed E-state index contributed by atoms with van der Waals surface area (Å²) in [5, 5.41) is 4.45. The van der Waals surface area contributed by atoms with Crippen molar-refractivity contribution in [2.45, 2.75) is 0 Å². The molecule has 0 aliphatic rings. The summed E-state index contributed by atoms with van der Waals surface area (Å²) < 4.78 is 1.03. The minimum Gasteiger partial charge on any atom is -0.252 e. The van der Waals surface area contributed by atoms with E-state index in [1.165, 1.54) is 0 Å². The van der Waals surface area contributed by atoms with Gasteiger partial charge in [0.25, 0.3) is 0 Å². The van der Waals surface area contributed by atoms with Crippen molar-refractivity contribution in [3.8, 4) is 0 Å². The van der Waals surface area contributed by atoms with Crippen molar-refractivity contribution >= 4 is 61.8 Å². The van der Waals surface area contributed by atoms with Crippen molar-refractivity contribution in [1.29, 1.82) is 0 Å². The molecule has 3 aromatic carbocycles. The second-order valence-corrected chi connectivity index (χ2v) is 5.66. The number of hydrogen-bond donors (Lipinski definition) is 0. The van der Waals surface area contributed by atoms with Gasteiger partial charge in [-0.3, -0.25) is 9.97 Å². The molecule has 1 aromatic heterocycles. The van der Waals surface area contributed by atoms with Gasteiger partial charge < -0.3 is 0 Å². The second-order valence-electron chi connectivity index (χ2n) is 4.75. The minimum atomic E-state index is 0.737. The fraction of sp³-hybridized carbons (Fsp3) is 0. The predicted octanol–water partition coefficient (Wildman–Crippen LogP) is 3.49. The van der Waals surface area contributed by atoms with Crippen molar-refractivity contribution in [2.75, 3.05) is 0 Å². The van der Waals surface area contributed by atoms with Crippen LogP contribution >= 0.6 is 15.9 Å². The molecule has 0 aliphatic carbocycles. The summed E-state index contributed by atoms with van der Waals surface area (Å²) in [6, 6.07) is 12.2. The van der Waals surface area contributed by atoms with E-state index < -0.39 is 0 Å². The lowest BCUT2D eigenvalue weighted by molar-refractivity contribution is 1.31. The van der Waals surface area contributed by atoms with E-state index in [-0.39, 0.29) is 0 Å². The van der Waals surface area contributed by atoms with Crippen molar-refractivity contribution < 1.29 is 0 Å². The number of nitrogens with zero attached hydrogens (tertiary/aromatic N) is 2. The van der Waals surface area contributed by atoms with Crippen LogP contribution in [0.2, 0.25) is 0 Å². The molecule has 0 bridgehead atoms. The lowest BCUT2D eigenvalue weighted by atomic mass is 9.91. The van der Waals surface area contributed by atoms with Crippen molar-refractivity contribution in [3.63, 3.8) is 0 Å². The summed E-state index contributed by atoms with van der Waals surface area (Å²) in [4.78, 5) is 9.00. The van der Waals surface area contributed by atoms with Crippen LogP contribution in [0.15, 0.2) is 53.3 Å². The first-order valence-electron chi connectivity index (χ1n) is 6.25. The third-order valence-electron chi connectivity index (χ3n) is 3.52. The van der Waals surface area contributed by atoms with Crippen LogP contribution in [0.1, 0.15) is 0 Å². The molecule has 0 fully saturated rings.